The second-order valence-corrected chi connectivity index (χ2v) is 2.44. The lowest BCUT2D eigenvalue weighted by Crippen LogP contribution is -2.32. The van der Waals surface area contributed by atoms with Crippen LogP contribution in [0, 0.1) is 11.8 Å². The van der Waals surface area contributed by atoms with Crippen molar-refractivity contribution in [2.75, 3.05) is 6.67 Å². The molecule has 0 aliphatic heterocycles. The summed E-state index contributed by atoms with van der Waals surface area (Å²) in [5, 5.41) is 0. The quantitative estimate of drug-likeness (QED) is 0.602. The van der Waals surface area contributed by atoms with Crippen molar-refractivity contribution in [2.45, 2.75) is 13.8 Å². The Labute approximate surface area is 54.2 Å². The highest BCUT2D eigenvalue weighted by Crippen LogP contribution is 2.17. The Morgan fingerprint density at radius 2 is 2.22 bits per heavy atom. The predicted octanol–water partition coefficient (Wildman–Crippen LogP) is 0.672. The maximum atomic E-state index is 11.6. The Kier molecular flexibility index (Phi) is 2.62. The Bertz CT molecular complexity index is 112. The van der Waals surface area contributed by atoms with Crippen molar-refractivity contribution < 1.29 is 9.18 Å². The van der Waals surface area contributed by atoms with E-state index in [0.29, 0.717) is 0 Å². The minimum absolute atomic E-state index is 0.500. The normalized spacial score (nSPS) is 11.4. The summed E-state index contributed by atoms with van der Waals surface area (Å²) in [7, 11) is 0. The molecule has 0 rings (SSSR count). The number of halogens is 1. The Morgan fingerprint density at radius 3 is 2.33 bits per heavy atom. The Balaban J connectivity index is 3.85. The molecule has 0 atom stereocenters. The van der Waals surface area contributed by atoms with Gasteiger partial charge in [-0.1, -0.05) is 13.8 Å². The molecule has 0 bridgehead atoms. The largest absolute Gasteiger partial charge is 0.369 e. The van der Waals surface area contributed by atoms with Gasteiger partial charge in [-0.3, -0.25) is 9.18 Å². The number of carbonyl (C=O) groups excluding carboxylic acids is 1. The van der Waals surface area contributed by atoms with E-state index in [-0.39, 0.29) is 0 Å². The third kappa shape index (κ3) is 2.44. The molecule has 2 N–H and O–H groups in total. The molecule has 0 aliphatic carbocycles. The molecule has 0 aliphatic rings. The van der Waals surface area contributed by atoms with Crippen LogP contribution < -0.4 is 5.73 Å². The first-order valence-corrected chi connectivity index (χ1v) is 2.71. The smallest absolute Gasteiger partial charge is 0.223 e. The van der Waals surface area contributed by atoms with Gasteiger partial charge in [-0.15, -0.1) is 0 Å². The molecule has 9 heavy (non-hydrogen) atoms. The Hall–Kier alpha value is -0.600. The summed E-state index contributed by atoms with van der Waals surface area (Å²) >= 11 is 0. The molecule has 0 heterocycles. The van der Waals surface area contributed by atoms with Crippen LogP contribution >= 0.6 is 0 Å². The first-order valence-electron chi connectivity index (χ1n) is 2.71. The molecule has 1 amide bonds. The lowest BCUT2D eigenvalue weighted by molar-refractivity contribution is -0.124. The van der Waals surface area contributed by atoms with Crippen LogP contribution in [0.15, 0.2) is 0 Å². The van der Waals surface area contributed by atoms with Gasteiger partial charge < -0.3 is 5.73 Å². The summed E-state index contributed by atoms with van der Waals surface area (Å²) in [4.78, 5) is 10.4. The van der Waals surface area contributed by atoms with Gasteiger partial charge in [0.2, 0.25) is 5.91 Å². The number of hydrogen-bond donors (Lipinski definition) is 1. The summed E-state index contributed by atoms with van der Waals surface area (Å²) in [6, 6.07) is 0. The van der Waals surface area contributed by atoms with Gasteiger partial charge in [0, 0.05) is 11.8 Å². The van der Waals surface area contributed by atoms with E-state index in [1.165, 1.54) is 6.42 Å². The van der Waals surface area contributed by atoms with Gasteiger partial charge in [-0.2, -0.15) is 0 Å². The SMILES string of the molecule is CC(C)([CH]CF)C(N)=O. The van der Waals surface area contributed by atoms with Crippen LogP contribution in [0.2, 0.25) is 0 Å². The molecule has 0 aromatic heterocycles. The van der Waals surface area contributed by atoms with E-state index < -0.39 is 18.0 Å². The first-order chi connectivity index (χ1) is 4.00. The van der Waals surface area contributed by atoms with Gasteiger partial charge in [0.15, 0.2) is 0 Å². The van der Waals surface area contributed by atoms with E-state index in [1.54, 1.807) is 13.8 Å². The highest BCUT2D eigenvalue weighted by atomic mass is 19.1. The van der Waals surface area contributed by atoms with E-state index in [0.717, 1.165) is 0 Å². The van der Waals surface area contributed by atoms with Crippen molar-refractivity contribution in [1.29, 1.82) is 0 Å². The second kappa shape index (κ2) is 2.80. The third-order valence-electron chi connectivity index (χ3n) is 1.22. The molecule has 0 fully saturated rings. The van der Waals surface area contributed by atoms with Crippen molar-refractivity contribution in [3.05, 3.63) is 6.42 Å². The number of alkyl halides is 1. The van der Waals surface area contributed by atoms with Gasteiger partial charge in [0.1, 0.15) is 0 Å². The topological polar surface area (TPSA) is 43.1 Å². The lowest BCUT2D eigenvalue weighted by Gasteiger charge is -2.16. The van der Waals surface area contributed by atoms with Gasteiger partial charge in [0.25, 0.3) is 0 Å². The molecular weight excluding hydrogens is 121 g/mol. The monoisotopic (exact) mass is 132 g/mol. The van der Waals surface area contributed by atoms with Crippen molar-refractivity contribution in [3.8, 4) is 0 Å². The van der Waals surface area contributed by atoms with E-state index in [9.17, 15) is 9.18 Å². The number of nitrogens with two attached hydrogens (primary N) is 1. The maximum absolute atomic E-state index is 11.6. The highest BCUT2D eigenvalue weighted by Gasteiger charge is 2.24. The zero-order valence-electron chi connectivity index (χ0n) is 5.65. The fraction of sp³-hybridized carbons (Fsp3) is 0.667. The summed E-state index contributed by atoms with van der Waals surface area (Å²) in [5.41, 5.74) is 4.11. The van der Waals surface area contributed by atoms with Crippen LogP contribution in [-0.2, 0) is 4.79 Å². The molecule has 1 radical (unpaired) electrons. The van der Waals surface area contributed by atoms with Crippen LogP contribution in [0.25, 0.3) is 0 Å². The standard InChI is InChI=1S/C6H11FNO/c1-6(2,3-4-7)5(8)9/h3H,4H2,1-2H3,(H2,8,9). The molecule has 2 nitrogen and oxygen atoms in total. The summed E-state index contributed by atoms with van der Waals surface area (Å²) in [6.45, 7) is 2.54. The van der Waals surface area contributed by atoms with Crippen molar-refractivity contribution in [2.24, 2.45) is 11.1 Å². The molecule has 0 spiro atoms. The van der Waals surface area contributed by atoms with Crippen LogP contribution in [0.4, 0.5) is 4.39 Å². The summed E-state index contributed by atoms with van der Waals surface area (Å²) in [6.07, 6.45) is 1.25. The van der Waals surface area contributed by atoms with Crippen LogP contribution in [0.1, 0.15) is 13.8 Å². The van der Waals surface area contributed by atoms with Gasteiger partial charge in [-0.25, -0.2) is 0 Å². The second-order valence-electron chi connectivity index (χ2n) is 2.44. The molecule has 0 aromatic rings. The molecule has 53 valence electrons. The fourth-order valence-electron chi connectivity index (χ4n) is 0.293. The molecule has 0 unspecified atom stereocenters. The average molecular weight is 132 g/mol. The summed E-state index contributed by atoms with van der Waals surface area (Å²) in [5.74, 6) is -0.500. The molecule has 0 saturated carbocycles. The van der Waals surface area contributed by atoms with Crippen molar-refractivity contribution >= 4 is 5.91 Å². The summed E-state index contributed by atoms with van der Waals surface area (Å²) < 4.78 is 11.6. The minimum Gasteiger partial charge on any atom is -0.369 e. The van der Waals surface area contributed by atoms with E-state index in [1.807, 2.05) is 0 Å². The Morgan fingerprint density at radius 1 is 1.78 bits per heavy atom. The zero-order chi connectivity index (χ0) is 7.49. The molecule has 0 saturated heterocycles. The van der Waals surface area contributed by atoms with Gasteiger partial charge >= 0.3 is 0 Å². The molecule has 0 aromatic carbocycles. The number of amides is 1. The van der Waals surface area contributed by atoms with Crippen molar-refractivity contribution in [1.82, 2.24) is 0 Å². The first kappa shape index (κ1) is 8.40. The number of rotatable bonds is 3. The molecular formula is C6H11FNO. The molecule has 3 heteroatoms. The zero-order valence-corrected chi connectivity index (χ0v) is 5.65. The maximum Gasteiger partial charge on any atom is 0.223 e. The number of primary amides is 1. The van der Waals surface area contributed by atoms with E-state index >= 15 is 0 Å². The van der Waals surface area contributed by atoms with Crippen molar-refractivity contribution in [3.63, 3.8) is 0 Å². The van der Waals surface area contributed by atoms with Crippen LogP contribution in [0.5, 0.6) is 0 Å². The van der Waals surface area contributed by atoms with E-state index in [4.69, 9.17) is 5.73 Å². The third-order valence-corrected chi connectivity index (χ3v) is 1.22. The van der Waals surface area contributed by atoms with Gasteiger partial charge in [-0.05, 0) is 0 Å². The van der Waals surface area contributed by atoms with E-state index in [2.05, 4.69) is 0 Å². The number of hydrogen-bond acceptors (Lipinski definition) is 1. The van der Waals surface area contributed by atoms with Gasteiger partial charge in [0.05, 0.1) is 6.67 Å². The van der Waals surface area contributed by atoms with Crippen LogP contribution in [0.3, 0.4) is 0 Å². The lowest BCUT2D eigenvalue weighted by atomic mass is 9.89. The number of carbonyl (C=O) groups is 1. The average Bonchev–Trinajstić information content (AvgIpc) is 1.65. The fourth-order valence-corrected chi connectivity index (χ4v) is 0.293. The van der Waals surface area contributed by atoms with Crippen LogP contribution in [-0.4, -0.2) is 12.6 Å². The highest BCUT2D eigenvalue weighted by molar-refractivity contribution is 5.81. The minimum atomic E-state index is -0.811. The predicted molar refractivity (Wildman–Crippen MR) is 33.3 cm³/mol.